The molecular formula is C21H26N6O2. The fourth-order valence-corrected chi connectivity index (χ4v) is 3.51. The van der Waals surface area contributed by atoms with Gasteiger partial charge in [0.1, 0.15) is 5.82 Å². The number of fused-ring (bicyclic) bond motifs is 1. The summed E-state index contributed by atoms with van der Waals surface area (Å²) in [6.07, 6.45) is 4.47. The Bertz CT molecular complexity index is 951. The molecule has 2 aromatic heterocycles. The van der Waals surface area contributed by atoms with Gasteiger partial charge in [0.15, 0.2) is 0 Å². The SMILES string of the molecule is O=C(NCCCn1cnc2ccccc21)NCc1cccnc1N1CCOCC1. The quantitative estimate of drug-likeness (QED) is 0.600. The molecule has 2 amide bonds. The third kappa shape index (κ3) is 4.83. The molecule has 8 heteroatoms. The van der Waals surface area contributed by atoms with E-state index in [0.29, 0.717) is 26.3 Å². The summed E-state index contributed by atoms with van der Waals surface area (Å²) >= 11 is 0. The van der Waals surface area contributed by atoms with E-state index in [1.165, 1.54) is 0 Å². The maximum atomic E-state index is 12.2. The molecule has 0 bridgehead atoms. The van der Waals surface area contributed by atoms with Crippen LogP contribution in [0.3, 0.4) is 0 Å². The Labute approximate surface area is 169 Å². The molecule has 0 radical (unpaired) electrons. The van der Waals surface area contributed by atoms with E-state index in [2.05, 4.69) is 36.1 Å². The van der Waals surface area contributed by atoms with E-state index in [1.807, 2.05) is 36.7 Å². The van der Waals surface area contributed by atoms with Crippen molar-refractivity contribution in [3.05, 3.63) is 54.5 Å². The number of nitrogens with zero attached hydrogens (tertiary/aromatic N) is 4. The number of morpholine rings is 1. The van der Waals surface area contributed by atoms with Crippen LogP contribution in [0.25, 0.3) is 11.0 Å². The fourth-order valence-electron chi connectivity index (χ4n) is 3.51. The van der Waals surface area contributed by atoms with Crippen molar-refractivity contribution in [1.29, 1.82) is 0 Å². The van der Waals surface area contributed by atoms with Gasteiger partial charge in [0.25, 0.3) is 0 Å². The number of nitrogens with one attached hydrogen (secondary N) is 2. The molecule has 0 atom stereocenters. The standard InChI is InChI=1S/C21H26N6O2/c28-21(23-9-4-10-27-16-25-18-6-1-2-7-19(18)27)24-15-17-5-3-8-22-20(17)26-11-13-29-14-12-26/h1-3,5-8,16H,4,9-15H2,(H2,23,24,28). The third-order valence-electron chi connectivity index (χ3n) is 5.01. The van der Waals surface area contributed by atoms with Crippen LogP contribution in [0.4, 0.5) is 10.6 Å². The number of aryl methyl sites for hydroxylation is 1. The summed E-state index contributed by atoms with van der Waals surface area (Å²) in [5, 5.41) is 5.86. The monoisotopic (exact) mass is 394 g/mol. The number of urea groups is 1. The number of hydrogen-bond acceptors (Lipinski definition) is 5. The predicted molar refractivity (Wildman–Crippen MR) is 112 cm³/mol. The minimum Gasteiger partial charge on any atom is -0.378 e. The van der Waals surface area contributed by atoms with Crippen LogP contribution < -0.4 is 15.5 Å². The van der Waals surface area contributed by atoms with Crippen LogP contribution in [0.15, 0.2) is 48.9 Å². The van der Waals surface area contributed by atoms with Crippen LogP contribution in [-0.4, -0.2) is 53.4 Å². The molecule has 3 heterocycles. The Morgan fingerprint density at radius 2 is 1.93 bits per heavy atom. The van der Waals surface area contributed by atoms with Crippen molar-refractivity contribution in [3.63, 3.8) is 0 Å². The van der Waals surface area contributed by atoms with Gasteiger partial charge in [-0.3, -0.25) is 0 Å². The van der Waals surface area contributed by atoms with Gasteiger partial charge < -0.3 is 24.8 Å². The van der Waals surface area contributed by atoms with Crippen LogP contribution in [0.2, 0.25) is 0 Å². The van der Waals surface area contributed by atoms with Crippen LogP contribution in [0, 0.1) is 0 Å². The van der Waals surface area contributed by atoms with Crippen LogP contribution in [0.5, 0.6) is 0 Å². The predicted octanol–water partition coefficient (Wildman–Crippen LogP) is 2.16. The lowest BCUT2D eigenvalue weighted by molar-refractivity contribution is 0.122. The molecule has 0 unspecified atom stereocenters. The van der Waals surface area contributed by atoms with E-state index >= 15 is 0 Å². The number of ether oxygens (including phenoxy) is 1. The number of benzene rings is 1. The first-order valence-electron chi connectivity index (χ1n) is 9.99. The molecular weight excluding hydrogens is 368 g/mol. The zero-order valence-electron chi connectivity index (χ0n) is 16.4. The maximum absolute atomic E-state index is 12.2. The van der Waals surface area contributed by atoms with Gasteiger partial charge in [-0.2, -0.15) is 0 Å². The maximum Gasteiger partial charge on any atom is 0.315 e. The number of pyridine rings is 1. The summed E-state index contributed by atoms with van der Waals surface area (Å²) in [4.78, 5) is 23.3. The molecule has 3 aromatic rings. The van der Waals surface area contributed by atoms with Crippen molar-refractivity contribution < 1.29 is 9.53 Å². The summed E-state index contributed by atoms with van der Waals surface area (Å²) < 4.78 is 7.52. The Morgan fingerprint density at radius 1 is 1.07 bits per heavy atom. The summed E-state index contributed by atoms with van der Waals surface area (Å²) in [6, 6.07) is 11.8. The van der Waals surface area contributed by atoms with Crippen molar-refractivity contribution in [2.45, 2.75) is 19.5 Å². The number of para-hydroxylation sites is 2. The van der Waals surface area contributed by atoms with Gasteiger partial charge in [0, 0.05) is 44.5 Å². The highest BCUT2D eigenvalue weighted by molar-refractivity contribution is 5.75. The lowest BCUT2D eigenvalue weighted by Gasteiger charge is -2.29. The number of aromatic nitrogens is 3. The Kier molecular flexibility index (Phi) is 6.21. The van der Waals surface area contributed by atoms with Crippen molar-refractivity contribution in [1.82, 2.24) is 25.2 Å². The molecule has 1 saturated heterocycles. The molecule has 0 spiro atoms. The third-order valence-corrected chi connectivity index (χ3v) is 5.01. The lowest BCUT2D eigenvalue weighted by Crippen LogP contribution is -2.39. The molecule has 0 aliphatic carbocycles. The average molecular weight is 394 g/mol. The number of rotatable bonds is 7. The smallest absolute Gasteiger partial charge is 0.315 e. The second-order valence-electron chi connectivity index (χ2n) is 6.98. The van der Waals surface area contributed by atoms with Gasteiger partial charge in [-0.1, -0.05) is 18.2 Å². The normalized spacial score (nSPS) is 14.1. The molecule has 1 aliphatic heterocycles. The van der Waals surface area contributed by atoms with E-state index in [9.17, 15) is 4.79 Å². The van der Waals surface area contributed by atoms with E-state index in [-0.39, 0.29) is 6.03 Å². The Balaban J connectivity index is 1.22. The van der Waals surface area contributed by atoms with Gasteiger partial charge in [-0.05, 0) is 24.6 Å². The highest BCUT2D eigenvalue weighted by atomic mass is 16.5. The second kappa shape index (κ2) is 9.38. The molecule has 1 aliphatic rings. The molecule has 1 aromatic carbocycles. The number of hydrogen-bond donors (Lipinski definition) is 2. The van der Waals surface area contributed by atoms with Crippen LogP contribution in [-0.2, 0) is 17.8 Å². The van der Waals surface area contributed by atoms with Crippen LogP contribution in [0.1, 0.15) is 12.0 Å². The van der Waals surface area contributed by atoms with Crippen molar-refractivity contribution in [2.24, 2.45) is 0 Å². The van der Waals surface area contributed by atoms with Gasteiger partial charge in [-0.25, -0.2) is 14.8 Å². The highest BCUT2D eigenvalue weighted by Crippen LogP contribution is 2.18. The molecule has 29 heavy (non-hydrogen) atoms. The van der Waals surface area contributed by atoms with Gasteiger partial charge in [-0.15, -0.1) is 0 Å². The first-order valence-corrected chi connectivity index (χ1v) is 9.99. The topological polar surface area (TPSA) is 84.3 Å². The largest absolute Gasteiger partial charge is 0.378 e. The van der Waals surface area contributed by atoms with E-state index in [0.717, 1.165) is 48.5 Å². The Morgan fingerprint density at radius 3 is 2.83 bits per heavy atom. The summed E-state index contributed by atoms with van der Waals surface area (Å²) in [6.45, 7) is 4.90. The first kappa shape index (κ1) is 19.2. The lowest BCUT2D eigenvalue weighted by atomic mass is 10.2. The molecule has 2 N–H and O–H groups in total. The van der Waals surface area contributed by atoms with Crippen molar-refractivity contribution in [3.8, 4) is 0 Å². The molecule has 4 rings (SSSR count). The highest BCUT2D eigenvalue weighted by Gasteiger charge is 2.16. The number of carbonyl (C=O) groups is 1. The summed E-state index contributed by atoms with van der Waals surface area (Å²) in [5.74, 6) is 0.920. The van der Waals surface area contributed by atoms with Gasteiger partial charge in [0.2, 0.25) is 0 Å². The number of imidazole rings is 1. The summed E-state index contributed by atoms with van der Waals surface area (Å²) in [5.41, 5.74) is 3.12. The van der Waals surface area contributed by atoms with Gasteiger partial charge in [0.05, 0.1) is 30.6 Å². The number of carbonyl (C=O) groups excluding carboxylic acids is 1. The fraction of sp³-hybridized carbons (Fsp3) is 0.381. The second-order valence-corrected chi connectivity index (χ2v) is 6.98. The van der Waals surface area contributed by atoms with E-state index < -0.39 is 0 Å². The molecule has 152 valence electrons. The zero-order chi connectivity index (χ0) is 19.9. The average Bonchev–Trinajstić information content (AvgIpc) is 3.19. The minimum atomic E-state index is -0.169. The summed E-state index contributed by atoms with van der Waals surface area (Å²) in [7, 11) is 0. The minimum absolute atomic E-state index is 0.169. The van der Waals surface area contributed by atoms with Gasteiger partial charge >= 0.3 is 6.03 Å². The number of anilines is 1. The van der Waals surface area contributed by atoms with E-state index in [1.54, 1.807) is 6.20 Å². The van der Waals surface area contributed by atoms with Crippen molar-refractivity contribution in [2.75, 3.05) is 37.7 Å². The first-order chi connectivity index (χ1) is 14.3. The number of amides is 2. The van der Waals surface area contributed by atoms with Crippen molar-refractivity contribution >= 4 is 22.9 Å². The molecule has 1 fully saturated rings. The van der Waals surface area contributed by atoms with Crippen LogP contribution >= 0.6 is 0 Å². The Hall–Kier alpha value is -3.13. The molecule has 0 saturated carbocycles. The molecule has 8 nitrogen and oxygen atoms in total. The zero-order valence-corrected chi connectivity index (χ0v) is 16.4. The van der Waals surface area contributed by atoms with E-state index in [4.69, 9.17) is 4.74 Å².